The van der Waals surface area contributed by atoms with E-state index in [-0.39, 0.29) is 18.4 Å². The summed E-state index contributed by atoms with van der Waals surface area (Å²) in [5.74, 6) is 0.0898. The van der Waals surface area contributed by atoms with Crippen LogP contribution < -0.4 is 0 Å². The van der Waals surface area contributed by atoms with Crippen molar-refractivity contribution in [1.82, 2.24) is 29.8 Å². The first-order valence-electron chi connectivity index (χ1n) is 8.33. The van der Waals surface area contributed by atoms with Gasteiger partial charge in [-0.15, -0.1) is 5.10 Å². The molecule has 0 radical (unpaired) electrons. The molecule has 0 bridgehead atoms. The average Bonchev–Trinajstić information content (AvgIpc) is 2.96. The van der Waals surface area contributed by atoms with Crippen molar-refractivity contribution in [2.45, 2.75) is 19.0 Å². The summed E-state index contributed by atoms with van der Waals surface area (Å²) in [4.78, 5) is 19.9. The van der Waals surface area contributed by atoms with Crippen molar-refractivity contribution < 1.29 is 9.53 Å². The summed E-state index contributed by atoms with van der Waals surface area (Å²) in [5.41, 5.74) is 3.09. The molecule has 1 unspecified atom stereocenters. The SMILES string of the molecule is CN(C)C(=O)COCC1CN(Cc2ccccn2)Cc2nnn(C)c21. The molecular weight excluding hydrogens is 320 g/mol. The summed E-state index contributed by atoms with van der Waals surface area (Å²) >= 11 is 0. The average molecular weight is 344 g/mol. The molecule has 0 N–H and O–H groups in total. The Morgan fingerprint density at radius 2 is 2.24 bits per heavy atom. The molecule has 8 heteroatoms. The van der Waals surface area contributed by atoms with E-state index >= 15 is 0 Å². The van der Waals surface area contributed by atoms with Crippen molar-refractivity contribution in [3.05, 3.63) is 41.5 Å². The highest BCUT2D eigenvalue weighted by Gasteiger charge is 2.30. The minimum Gasteiger partial charge on any atom is -0.371 e. The van der Waals surface area contributed by atoms with Gasteiger partial charge in [-0.2, -0.15) is 0 Å². The fourth-order valence-corrected chi connectivity index (χ4v) is 3.08. The lowest BCUT2D eigenvalue weighted by Gasteiger charge is -2.31. The third kappa shape index (κ3) is 4.21. The standard InChI is InChI=1S/C17H24N6O2/c1-21(2)16(24)12-25-11-13-8-23(9-14-6-4-5-7-18-14)10-15-17(13)22(3)20-19-15/h4-7,13H,8-12H2,1-3H3. The minimum absolute atomic E-state index is 0.0375. The highest BCUT2D eigenvalue weighted by Crippen LogP contribution is 2.27. The maximum atomic E-state index is 11.7. The second-order valence-electron chi connectivity index (χ2n) is 6.54. The summed E-state index contributed by atoms with van der Waals surface area (Å²) in [7, 11) is 5.35. The zero-order valence-electron chi connectivity index (χ0n) is 14.9. The van der Waals surface area contributed by atoms with E-state index < -0.39 is 0 Å². The van der Waals surface area contributed by atoms with E-state index in [0.717, 1.165) is 36.7 Å². The van der Waals surface area contributed by atoms with Crippen LogP contribution in [-0.2, 0) is 29.7 Å². The predicted octanol–water partition coefficient (Wildman–Crippen LogP) is 0.414. The third-order valence-corrected chi connectivity index (χ3v) is 4.34. The zero-order valence-corrected chi connectivity index (χ0v) is 14.9. The van der Waals surface area contributed by atoms with Gasteiger partial charge in [-0.1, -0.05) is 11.3 Å². The maximum Gasteiger partial charge on any atom is 0.248 e. The first-order chi connectivity index (χ1) is 12.0. The number of aryl methyl sites for hydroxylation is 1. The number of fused-ring (bicyclic) bond motifs is 1. The molecule has 1 amide bonds. The molecule has 1 aliphatic heterocycles. The van der Waals surface area contributed by atoms with Crippen LogP contribution in [0.2, 0.25) is 0 Å². The van der Waals surface area contributed by atoms with E-state index in [1.54, 1.807) is 20.3 Å². The van der Waals surface area contributed by atoms with Crippen molar-refractivity contribution in [2.75, 3.05) is 33.9 Å². The summed E-state index contributed by atoms with van der Waals surface area (Å²) in [6.45, 7) is 2.87. The largest absolute Gasteiger partial charge is 0.371 e. The number of rotatable bonds is 6. The maximum absolute atomic E-state index is 11.7. The van der Waals surface area contributed by atoms with Gasteiger partial charge in [0.05, 0.1) is 18.0 Å². The highest BCUT2D eigenvalue weighted by atomic mass is 16.5. The van der Waals surface area contributed by atoms with Crippen molar-refractivity contribution in [3.63, 3.8) is 0 Å². The Hall–Kier alpha value is -2.32. The highest BCUT2D eigenvalue weighted by molar-refractivity contribution is 5.76. The van der Waals surface area contributed by atoms with Crippen LogP contribution in [0.4, 0.5) is 0 Å². The van der Waals surface area contributed by atoms with E-state index in [0.29, 0.717) is 6.61 Å². The first kappa shape index (κ1) is 17.5. The van der Waals surface area contributed by atoms with Gasteiger partial charge in [0, 0.05) is 52.9 Å². The van der Waals surface area contributed by atoms with Crippen LogP contribution in [0, 0.1) is 0 Å². The predicted molar refractivity (Wildman–Crippen MR) is 91.6 cm³/mol. The van der Waals surface area contributed by atoms with Gasteiger partial charge in [-0.05, 0) is 12.1 Å². The molecule has 134 valence electrons. The van der Waals surface area contributed by atoms with Gasteiger partial charge in [0.15, 0.2) is 0 Å². The van der Waals surface area contributed by atoms with Crippen LogP contribution in [0.25, 0.3) is 0 Å². The molecule has 0 fully saturated rings. The summed E-state index contributed by atoms with van der Waals surface area (Å²) < 4.78 is 7.49. The van der Waals surface area contributed by atoms with Crippen molar-refractivity contribution in [2.24, 2.45) is 7.05 Å². The lowest BCUT2D eigenvalue weighted by molar-refractivity contribution is -0.133. The number of ether oxygens (including phenoxy) is 1. The molecule has 0 aromatic carbocycles. The van der Waals surface area contributed by atoms with Crippen molar-refractivity contribution in [1.29, 1.82) is 0 Å². The number of carbonyl (C=O) groups excluding carboxylic acids is 1. The fourth-order valence-electron chi connectivity index (χ4n) is 3.08. The number of hydrogen-bond acceptors (Lipinski definition) is 6. The van der Waals surface area contributed by atoms with E-state index in [9.17, 15) is 4.79 Å². The van der Waals surface area contributed by atoms with Gasteiger partial charge in [0.1, 0.15) is 12.3 Å². The molecule has 0 saturated carbocycles. The summed E-state index contributed by atoms with van der Waals surface area (Å²) in [6.07, 6.45) is 1.81. The Morgan fingerprint density at radius 3 is 2.96 bits per heavy atom. The number of hydrogen-bond donors (Lipinski definition) is 0. The molecular formula is C17H24N6O2. The molecule has 0 spiro atoms. The molecule has 8 nitrogen and oxygen atoms in total. The minimum atomic E-state index is -0.0375. The number of nitrogens with zero attached hydrogens (tertiary/aromatic N) is 6. The number of carbonyl (C=O) groups is 1. The Morgan fingerprint density at radius 1 is 1.40 bits per heavy atom. The molecule has 1 aliphatic rings. The number of likely N-dealkylation sites (N-methyl/N-ethyl adjacent to an activating group) is 1. The Labute approximate surface area is 147 Å². The molecule has 1 atom stereocenters. The zero-order chi connectivity index (χ0) is 17.8. The second kappa shape index (κ2) is 7.71. The Balaban J connectivity index is 1.67. The van der Waals surface area contributed by atoms with Gasteiger partial charge in [0.2, 0.25) is 5.91 Å². The molecule has 3 heterocycles. The van der Waals surface area contributed by atoms with Gasteiger partial charge >= 0.3 is 0 Å². The monoisotopic (exact) mass is 344 g/mol. The Bertz CT molecular complexity index is 715. The van der Waals surface area contributed by atoms with Crippen LogP contribution in [0.1, 0.15) is 23.0 Å². The summed E-state index contributed by atoms with van der Waals surface area (Å²) in [5, 5.41) is 8.45. The summed E-state index contributed by atoms with van der Waals surface area (Å²) in [6, 6.07) is 5.93. The van der Waals surface area contributed by atoms with Gasteiger partial charge in [-0.3, -0.25) is 19.4 Å². The molecule has 3 rings (SSSR count). The van der Waals surface area contributed by atoms with Crippen LogP contribution in [0.15, 0.2) is 24.4 Å². The van der Waals surface area contributed by atoms with Crippen LogP contribution >= 0.6 is 0 Å². The van der Waals surface area contributed by atoms with Gasteiger partial charge < -0.3 is 9.64 Å². The normalized spacial score (nSPS) is 17.3. The Kier molecular flexibility index (Phi) is 5.40. The van der Waals surface area contributed by atoms with Crippen molar-refractivity contribution >= 4 is 5.91 Å². The topological polar surface area (TPSA) is 76.4 Å². The second-order valence-corrected chi connectivity index (χ2v) is 6.54. The molecule has 2 aromatic rings. The van der Waals surface area contributed by atoms with Crippen molar-refractivity contribution in [3.8, 4) is 0 Å². The lowest BCUT2D eigenvalue weighted by Crippen LogP contribution is -2.37. The van der Waals surface area contributed by atoms with Crippen LogP contribution in [0.3, 0.4) is 0 Å². The first-order valence-corrected chi connectivity index (χ1v) is 8.33. The fraction of sp³-hybridized carbons (Fsp3) is 0.529. The number of pyridine rings is 1. The molecule has 25 heavy (non-hydrogen) atoms. The third-order valence-electron chi connectivity index (χ3n) is 4.34. The molecule has 0 aliphatic carbocycles. The van der Waals surface area contributed by atoms with Gasteiger partial charge in [-0.25, -0.2) is 0 Å². The molecule has 0 saturated heterocycles. The van der Waals surface area contributed by atoms with E-state index in [2.05, 4.69) is 20.2 Å². The van der Waals surface area contributed by atoms with E-state index in [1.807, 2.05) is 29.9 Å². The number of amides is 1. The van der Waals surface area contributed by atoms with E-state index in [1.165, 1.54) is 4.90 Å². The van der Waals surface area contributed by atoms with Crippen LogP contribution in [0.5, 0.6) is 0 Å². The quantitative estimate of drug-likeness (QED) is 0.756. The smallest absolute Gasteiger partial charge is 0.248 e. The number of aromatic nitrogens is 4. The molecule has 2 aromatic heterocycles. The van der Waals surface area contributed by atoms with Gasteiger partial charge in [0.25, 0.3) is 0 Å². The van der Waals surface area contributed by atoms with Crippen LogP contribution in [-0.4, -0.2) is 69.5 Å². The van der Waals surface area contributed by atoms with E-state index in [4.69, 9.17) is 4.74 Å². The lowest BCUT2D eigenvalue weighted by atomic mass is 9.99.